The van der Waals surface area contributed by atoms with Crippen LogP contribution in [0.5, 0.6) is 0 Å². The summed E-state index contributed by atoms with van der Waals surface area (Å²) >= 11 is 1.05. The van der Waals surface area contributed by atoms with E-state index in [1.54, 1.807) is 12.4 Å². The Kier molecular flexibility index (Phi) is 1.67. The van der Waals surface area contributed by atoms with Gasteiger partial charge >= 0.3 is 60.1 Å². The fraction of sp³-hybridized carbons (Fsp3) is 0. The Morgan fingerprint density at radius 3 is 2.25 bits per heavy atom. The summed E-state index contributed by atoms with van der Waals surface area (Å²) in [6.07, 6.45) is 3.48. The maximum atomic E-state index is 5.22. The molecule has 8 heavy (non-hydrogen) atoms. The van der Waals surface area contributed by atoms with Crippen LogP contribution in [0, 0.1) is 0 Å². The van der Waals surface area contributed by atoms with Crippen molar-refractivity contribution in [2.75, 3.05) is 5.73 Å². The van der Waals surface area contributed by atoms with E-state index >= 15 is 0 Å². The zero-order valence-electron chi connectivity index (χ0n) is 4.20. The van der Waals surface area contributed by atoms with E-state index in [0.717, 1.165) is 26.1 Å². The zero-order valence-corrected chi connectivity index (χ0v) is 7.50. The summed E-state index contributed by atoms with van der Waals surface area (Å²) in [4.78, 5) is 7.56. The number of nitrogens with zero attached hydrogens (tertiary/aromatic N) is 2. The fourth-order valence-electron chi connectivity index (χ4n) is 0.348. The van der Waals surface area contributed by atoms with Crippen LogP contribution in [0.1, 0.15) is 0 Å². The number of rotatable bonds is 0. The molecule has 1 heterocycles. The van der Waals surface area contributed by atoms with E-state index in [1.807, 2.05) is 0 Å². The van der Waals surface area contributed by atoms with E-state index in [-0.39, 0.29) is 0 Å². The van der Waals surface area contributed by atoms with Gasteiger partial charge in [-0.1, -0.05) is 0 Å². The van der Waals surface area contributed by atoms with E-state index in [4.69, 9.17) is 5.73 Å². The Hall–Kier alpha value is -0.321. The van der Waals surface area contributed by atoms with Crippen molar-refractivity contribution in [2.45, 2.75) is 0 Å². The van der Waals surface area contributed by atoms with Crippen LogP contribution in [0.4, 0.5) is 5.95 Å². The minimum atomic E-state index is 0.350. The third-order valence-corrected chi connectivity index (χ3v) is 1.54. The van der Waals surface area contributed by atoms with Crippen molar-refractivity contribution in [3.8, 4) is 0 Å². The van der Waals surface area contributed by atoms with Crippen LogP contribution in [0.15, 0.2) is 12.4 Å². The molecule has 40 valence electrons. The number of anilines is 1. The van der Waals surface area contributed by atoms with Crippen molar-refractivity contribution in [1.82, 2.24) is 9.97 Å². The van der Waals surface area contributed by atoms with Gasteiger partial charge in [0.1, 0.15) is 0 Å². The molecule has 1 aromatic rings. The molecule has 3 nitrogen and oxygen atoms in total. The molecule has 0 aromatic carbocycles. The van der Waals surface area contributed by atoms with Crippen molar-refractivity contribution in [2.24, 2.45) is 0 Å². The molecular weight excluding hydrogens is 209 g/mol. The molecule has 0 amide bonds. The van der Waals surface area contributed by atoms with Crippen molar-refractivity contribution >= 4 is 32.1 Å². The van der Waals surface area contributed by atoms with Gasteiger partial charge in [-0.15, -0.1) is 0 Å². The molecule has 0 unspecified atom stereocenters. The number of hydrogen-bond acceptors (Lipinski definition) is 3. The van der Waals surface area contributed by atoms with Crippen LogP contribution < -0.4 is 9.31 Å². The first-order valence-corrected chi connectivity index (χ1v) is 3.77. The standard InChI is InChI=1S/C4H4N3.Sn.H/c5-4-6-2-1-3-7-4;;/h2-3H,(H2,5,6,7);;. The molecule has 4 heteroatoms. The van der Waals surface area contributed by atoms with E-state index in [1.165, 1.54) is 0 Å². The molecule has 0 saturated carbocycles. The summed E-state index contributed by atoms with van der Waals surface area (Å²) in [7, 11) is 0. The maximum absolute atomic E-state index is 5.22. The molecule has 1 aromatic heterocycles. The van der Waals surface area contributed by atoms with Crippen molar-refractivity contribution in [3.63, 3.8) is 0 Å². The first-order chi connectivity index (χ1) is 3.79. The first-order valence-electron chi connectivity index (χ1n) is 2.12. The Morgan fingerprint density at radius 1 is 1.38 bits per heavy atom. The summed E-state index contributed by atoms with van der Waals surface area (Å²) in [5.41, 5.74) is 5.22. The summed E-state index contributed by atoms with van der Waals surface area (Å²) in [6.45, 7) is 0. The molecule has 0 aliphatic carbocycles. The molecule has 0 aliphatic heterocycles. The van der Waals surface area contributed by atoms with Gasteiger partial charge < -0.3 is 0 Å². The molecule has 0 saturated heterocycles. The summed E-state index contributed by atoms with van der Waals surface area (Å²) in [5.74, 6) is 0.350. The van der Waals surface area contributed by atoms with Gasteiger partial charge in [-0.3, -0.25) is 0 Å². The van der Waals surface area contributed by atoms with Crippen LogP contribution in [0.2, 0.25) is 0 Å². The minimum absolute atomic E-state index is 0.350. The van der Waals surface area contributed by atoms with E-state index < -0.39 is 0 Å². The Bertz CT molecular complexity index is 150. The zero-order chi connectivity index (χ0) is 5.98. The second-order valence-electron chi connectivity index (χ2n) is 1.37. The monoisotopic (exact) mass is 215 g/mol. The van der Waals surface area contributed by atoms with E-state index in [9.17, 15) is 0 Å². The second kappa shape index (κ2) is 2.30. The number of nitrogen functional groups attached to an aromatic ring is 1. The van der Waals surface area contributed by atoms with Gasteiger partial charge in [0.2, 0.25) is 0 Å². The van der Waals surface area contributed by atoms with Crippen molar-refractivity contribution in [3.05, 3.63) is 12.4 Å². The molecule has 2 radical (unpaired) electrons. The Labute approximate surface area is 60.4 Å². The molecule has 0 atom stereocenters. The Balaban J connectivity index is 3.03. The summed E-state index contributed by atoms with van der Waals surface area (Å²) in [5, 5.41) is 0. The van der Waals surface area contributed by atoms with Crippen LogP contribution in [0.3, 0.4) is 0 Å². The van der Waals surface area contributed by atoms with Gasteiger partial charge in [0.15, 0.2) is 0 Å². The Morgan fingerprint density at radius 2 is 1.88 bits per heavy atom. The molecule has 1 rings (SSSR count). The third-order valence-electron chi connectivity index (χ3n) is 0.692. The van der Waals surface area contributed by atoms with Crippen LogP contribution >= 0.6 is 0 Å². The van der Waals surface area contributed by atoms with Gasteiger partial charge in [0.05, 0.1) is 0 Å². The average Bonchev–Trinajstić information content (AvgIpc) is 1.77. The van der Waals surface area contributed by atoms with Crippen LogP contribution in [-0.4, -0.2) is 32.5 Å². The SMILES string of the molecule is Nc1nc[c]([SnH])cn1. The number of hydrogen-bond donors (Lipinski definition) is 1. The van der Waals surface area contributed by atoms with Crippen molar-refractivity contribution < 1.29 is 0 Å². The van der Waals surface area contributed by atoms with Crippen LogP contribution in [-0.2, 0) is 0 Å². The van der Waals surface area contributed by atoms with Crippen LogP contribution in [0.25, 0.3) is 0 Å². The van der Waals surface area contributed by atoms with Gasteiger partial charge in [-0.05, 0) is 0 Å². The molecule has 0 fully saturated rings. The third kappa shape index (κ3) is 1.33. The molecule has 0 bridgehead atoms. The van der Waals surface area contributed by atoms with Gasteiger partial charge in [-0.25, -0.2) is 0 Å². The number of nitrogens with two attached hydrogens (primary N) is 1. The predicted molar refractivity (Wildman–Crippen MR) is 33.2 cm³/mol. The fourth-order valence-corrected chi connectivity index (χ4v) is 0.773. The normalized spacial score (nSPS) is 9.12. The second-order valence-corrected chi connectivity index (χ2v) is 3.28. The van der Waals surface area contributed by atoms with Gasteiger partial charge in [0.25, 0.3) is 0 Å². The summed E-state index contributed by atoms with van der Waals surface area (Å²) < 4.78 is 1.16. The predicted octanol–water partition coefficient (Wildman–Crippen LogP) is -1.42. The van der Waals surface area contributed by atoms with E-state index in [2.05, 4.69) is 9.97 Å². The van der Waals surface area contributed by atoms with E-state index in [0.29, 0.717) is 5.95 Å². The average molecular weight is 214 g/mol. The number of aromatic nitrogens is 2. The summed E-state index contributed by atoms with van der Waals surface area (Å²) in [6, 6.07) is 0. The van der Waals surface area contributed by atoms with Gasteiger partial charge in [0, 0.05) is 0 Å². The molecule has 0 aliphatic rings. The molecule has 2 N–H and O–H groups in total. The van der Waals surface area contributed by atoms with Gasteiger partial charge in [-0.2, -0.15) is 0 Å². The molecular formula is C4H5N3Sn. The quantitative estimate of drug-likeness (QED) is 0.539. The molecule has 0 spiro atoms. The first kappa shape index (κ1) is 5.81. The topological polar surface area (TPSA) is 51.8 Å². The van der Waals surface area contributed by atoms with Crippen molar-refractivity contribution in [1.29, 1.82) is 0 Å².